The standard InChI is InChI=1S/C13H9ClN4OS/c14-11-6-15-5-9(17-11)13(19)16-7-12-18-8-3-1-2-4-10(8)20-12/h1-6H,7H2,(H,16,19). The molecule has 1 aromatic carbocycles. The molecule has 3 rings (SSSR count). The number of thiazole rings is 1. The van der Waals surface area contributed by atoms with Gasteiger partial charge in [0.1, 0.15) is 15.9 Å². The van der Waals surface area contributed by atoms with Crippen LogP contribution in [0, 0.1) is 0 Å². The molecule has 0 aliphatic rings. The van der Waals surface area contributed by atoms with Crippen LogP contribution in [0.4, 0.5) is 0 Å². The van der Waals surface area contributed by atoms with Crippen LogP contribution in [0.3, 0.4) is 0 Å². The molecule has 0 aliphatic carbocycles. The Bertz CT molecular complexity index is 741. The first-order chi connectivity index (χ1) is 9.72. The average Bonchev–Trinajstić information content (AvgIpc) is 2.87. The molecule has 2 heterocycles. The summed E-state index contributed by atoms with van der Waals surface area (Å²) in [6.45, 7) is 0.354. The highest BCUT2D eigenvalue weighted by molar-refractivity contribution is 7.18. The van der Waals surface area contributed by atoms with E-state index in [0.717, 1.165) is 15.2 Å². The molecule has 3 aromatic rings. The third-order valence-electron chi connectivity index (χ3n) is 2.58. The molecular weight excluding hydrogens is 296 g/mol. The molecule has 0 unspecified atom stereocenters. The maximum absolute atomic E-state index is 11.9. The van der Waals surface area contributed by atoms with Crippen molar-refractivity contribution in [2.75, 3.05) is 0 Å². The zero-order valence-corrected chi connectivity index (χ0v) is 11.8. The van der Waals surface area contributed by atoms with Gasteiger partial charge in [-0.1, -0.05) is 23.7 Å². The highest BCUT2D eigenvalue weighted by atomic mass is 35.5. The predicted octanol–water partition coefficient (Wildman–Crippen LogP) is 2.67. The van der Waals surface area contributed by atoms with Crippen molar-refractivity contribution in [2.45, 2.75) is 6.54 Å². The molecule has 0 radical (unpaired) electrons. The Morgan fingerprint density at radius 2 is 2.10 bits per heavy atom. The molecule has 2 aromatic heterocycles. The molecule has 0 bridgehead atoms. The number of carbonyl (C=O) groups is 1. The second-order valence-corrected chi connectivity index (χ2v) is 5.49. The van der Waals surface area contributed by atoms with Gasteiger partial charge in [0.15, 0.2) is 0 Å². The van der Waals surface area contributed by atoms with Crippen molar-refractivity contribution in [3.05, 3.63) is 52.5 Å². The number of fused-ring (bicyclic) bond motifs is 1. The molecule has 100 valence electrons. The number of nitrogens with one attached hydrogen (secondary N) is 1. The van der Waals surface area contributed by atoms with E-state index >= 15 is 0 Å². The van der Waals surface area contributed by atoms with Gasteiger partial charge < -0.3 is 5.32 Å². The van der Waals surface area contributed by atoms with Crippen molar-refractivity contribution >= 4 is 39.1 Å². The zero-order valence-electron chi connectivity index (χ0n) is 10.2. The fourth-order valence-electron chi connectivity index (χ4n) is 1.69. The molecule has 0 saturated carbocycles. The summed E-state index contributed by atoms with van der Waals surface area (Å²) in [4.78, 5) is 24.1. The topological polar surface area (TPSA) is 67.8 Å². The van der Waals surface area contributed by atoms with Crippen molar-refractivity contribution in [1.29, 1.82) is 0 Å². The Balaban J connectivity index is 1.71. The van der Waals surface area contributed by atoms with Gasteiger partial charge in [-0.15, -0.1) is 11.3 Å². The summed E-state index contributed by atoms with van der Waals surface area (Å²) in [5.41, 5.74) is 1.13. The largest absolute Gasteiger partial charge is 0.344 e. The summed E-state index contributed by atoms with van der Waals surface area (Å²) in [6, 6.07) is 7.84. The van der Waals surface area contributed by atoms with Gasteiger partial charge in [-0.05, 0) is 12.1 Å². The molecule has 1 N–H and O–H groups in total. The molecule has 20 heavy (non-hydrogen) atoms. The van der Waals surface area contributed by atoms with E-state index in [1.165, 1.54) is 12.4 Å². The van der Waals surface area contributed by atoms with Crippen molar-refractivity contribution < 1.29 is 4.79 Å². The van der Waals surface area contributed by atoms with Crippen molar-refractivity contribution in [3.63, 3.8) is 0 Å². The number of amides is 1. The smallest absolute Gasteiger partial charge is 0.271 e. The Morgan fingerprint density at radius 1 is 1.25 bits per heavy atom. The Morgan fingerprint density at radius 3 is 2.90 bits per heavy atom. The second-order valence-electron chi connectivity index (χ2n) is 3.99. The van der Waals surface area contributed by atoms with Crippen molar-refractivity contribution in [3.8, 4) is 0 Å². The monoisotopic (exact) mass is 304 g/mol. The first-order valence-corrected chi connectivity index (χ1v) is 7.02. The number of hydrogen-bond acceptors (Lipinski definition) is 5. The average molecular weight is 305 g/mol. The van der Waals surface area contributed by atoms with Crippen LogP contribution in [0.25, 0.3) is 10.2 Å². The lowest BCUT2D eigenvalue weighted by Crippen LogP contribution is -2.23. The minimum atomic E-state index is -0.320. The fraction of sp³-hybridized carbons (Fsp3) is 0.0769. The van der Waals surface area contributed by atoms with Crippen molar-refractivity contribution in [1.82, 2.24) is 20.3 Å². The Hall–Kier alpha value is -2.05. The number of hydrogen-bond donors (Lipinski definition) is 1. The molecule has 0 atom stereocenters. The van der Waals surface area contributed by atoms with Crippen LogP contribution in [0.2, 0.25) is 5.15 Å². The third kappa shape index (κ3) is 2.76. The molecule has 0 spiro atoms. The normalized spacial score (nSPS) is 10.7. The van der Waals surface area contributed by atoms with Gasteiger partial charge in [-0.3, -0.25) is 9.78 Å². The molecule has 7 heteroatoms. The van der Waals surface area contributed by atoms with E-state index in [9.17, 15) is 4.79 Å². The first-order valence-electron chi connectivity index (χ1n) is 5.82. The van der Waals surface area contributed by atoms with E-state index in [2.05, 4.69) is 20.3 Å². The molecule has 0 saturated heterocycles. The maximum atomic E-state index is 11.9. The lowest BCUT2D eigenvalue weighted by molar-refractivity contribution is 0.0945. The lowest BCUT2D eigenvalue weighted by atomic mass is 10.3. The maximum Gasteiger partial charge on any atom is 0.271 e. The molecule has 0 aliphatic heterocycles. The van der Waals surface area contributed by atoms with Crippen LogP contribution in [0.15, 0.2) is 36.7 Å². The van der Waals surface area contributed by atoms with Gasteiger partial charge >= 0.3 is 0 Å². The lowest BCUT2D eigenvalue weighted by Gasteiger charge is -2.01. The number of aromatic nitrogens is 3. The van der Waals surface area contributed by atoms with Gasteiger partial charge in [-0.2, -0.15) is 0 Å². The highest BCUT2D eigenvalue weighted by Crippen LogP contribution is 2.21. The zero-order chi connectivity index (χ0) is 13.9. The molecular formula is C13H9ClN4OS. The van der Waals surface area contributed by atoms with Crippen LogP contribution in [0.5, 0.6) is 0 Å². The number of carbonyl (C=O) groups excluding carboxylic acids is 1. The third-order valence-corrected chi connectivity index (χ3v) is 3.79. The summed E-state index contributed by atoms with van der Waals surface area (Å²) in [5.74, 6) is -0.320. The Kier molecular flexibility index (Phi) is 3.58. The predicted molar refractivity (Wildman–Crippen MR) is 77.8 cm³/mol. The van der Waals surface area contributed by atoms with E-state index in [1.54, 1.807) is 11.3 Å². The number of rotatable bonds is 3. The van der Waals surface area contributed by atoms with E-state index in [1.807, 2.05) is 24.3 Å². The number of benzene rings is 1. The van der Waals surface area contributed by atoms with Gasteiger partial charge in [-0.25, -0.2) is 9.97 Å². The summed E-state index contributed by atoms with van der Waals surface area (Å²) in [6.07, 6.45) is 2.76. The van der Waals surface area contributed by atoms with Crippen LogP contribution < -0.4 is 5.32 Å². The van der Waals surface area contributed by atoms with Gasteiger partial charge in [0.05, 0.1) is 29.2 Å². The molecule has 0 fully saturated rings. The van der Waals surface area contributed by atoms with Crippen LogP contribution >= 0.6 is 22.9 Å². The van der Waals surface area contributed by atoms with E-state index in [0.29, 0.717) is 6.54 Å². The van der Waals surface area contributed by atoms with E-state index in [-0.39, 0.29) is 16.8 Å². The first kappa shape index (κ1) is 13.0. The summed E-state index contributed by atoms with van der Waals surface area (Å²) < 4.78 is 1.10. The summed E-state index contributed by atoms with van der Waals surface area (Å²) in [7, 11) is 0. The van der Waals surface area contributed by atoms with Gasteiger partial charge in [0.25, 0.3) is 5.91 Å². The fourth-order valence-corrected chi connectivity index (χ4v) is 2.75. The SMILES string of the molecule is O=C(NCc1nc2ccccc2s1)c1cncc(Cl)n1. The highest BCUT2D eigenvalue weighted by Gasteiger charge is 2.09. The summed E-state index contributed by atoms with van der Waals surface area (Å²) >= 11 is 7.25. The quantitative estimate of drug-likeness (QED) is 0.808. The number of halogens is 1. The minimum absolute atomic E-state index is 0.192. The number of para-hydroxylation sites is 1. The summed E-state index contributed by atoms with van der Waals surface area (Å²) in [5, 5.41) is 3.79. The minimum Gasteiger partial charge on any atom is -0.344 e. The number of nitrogens with zero attached hydrogens (tertiary/aromatic N) is 3. The van der Waals surface area contributed by atoms with Crippen LogP contribution in [0.1, 0.15) is 15.5 Å². The van der Waals surface area contributed by atoms with E-state index in [4.69, 9.17) is 11.6 Å². The van der Waals surface area contributed by atoms with Crippen LogP contribution in [-0.2, 0) is 6.54 Å². The van der Waals surface area contributed by atoms with Crippen LogP contribution in [-0.4, -0.2) is 20.9 Å². The van der Waals surface area contributed by atoms with E-state index < -0.39 is 0 Å². The second kappa shape index (κ2) is 5.52. The van der Waals surface area contributed by atoms with Crippen molar-refractivity contribution in [2.24, 2.45) is 0 Å². The Labute approximate surface area is 123 Å². The van der Waals surface area contributed by atoms with Gasteiger partial charge in [0.2, 0.25) is 0 Å². The molecule has 5 nitrogen and oxygen atoms in total. The van der Waals surface area contributed by atoms with Gasteiger partial charge in [0, 0.05) is 0 Å². The molecule has 1 amide bonds.